The SMILES string of the molecule is CC1CCCc2ccccc21.O=C1OC(=O)c2ccccc21. The zero-order valence-electron chi connectivity index (χ0n) is 12.5. The van der Waals surface area contributed by atoms with Crippen molar-refractivity contribution in [3.8, 4) is 0 Å². The van der Waals surface area contributed by atoms with Crippen LogP contribution in [0.5, 0.6) is 0 Å². The summed E-state index contributed by atoms with van der Waals surface area (Å²) in [6.45, 7) is 2.33. The predicted octanol–water partition coefficient (Wildman–Crippen LogP) is 4.12. The average Bonchev–Trinajstić information content (AvgIpc) is 2.84. The molecule has 3 heteroatoms. The van der Waals surface area contributed by atoms with E-state index in [1.165, 1.54) is 19.3 Å². The Morgan fingerprint density at radius 1 is 0.909 bits per heavy atom. The fourth-order valence-corrected chi connectivity index (χ4v) is 3.03. The van der Waals surface area contributed by atoms with Crippen LogP contribution in [0.1, 0.15) is 57.5 Å². The summed E-state index contributed by atoms with van der Waals surface area (Å²) in [7, 11) is 0. The van der Waals surface area contributed by atoms with Crippen molar-refractivity contribution in [1.82, 2.24) is 0 Å². The third-order valence-corrected chi connectivity index (χ3v) is 4.22. The number of fused-ring (bicyclic) bond motifs is 2. The fourth-order valence-electron chi connectivity index (χ4n) is 3.03. The monoisotopic (exact) mass is 294 g/mol. The molecule has 0 N–H and O–H groups in total. The van der Waals surface area contributed by atoms with Gasteiger partial charge in [-0.1, -0.05) is 43.3 Å². The van der Waals surface area contributed by atoms with Gasteiger partial charge in [0.15, 0.2) is 0 Å². The molecule has 1 heterocycles. The van der Waals surface area contributed by atoms with E-state index in [4.69, 9.17) is 0 Å². The molecule has 1 atom stereocenters. The van der Waals surface area contributed by atoms with Gasteiger partial charge in [0.2, 0.25) is 0 Å². The van der Waals surface area contributed by atoms with E-state index in [1.807, 2.05) is 0 Å². The van der Waals surface area contributed by atoms with Gasteiger partial charge < -0.3 is 4.74 Å². The number of benzene rings is 2. The van der Waals surface area contributed by atoms with Gasteiger partial charge in [-0.05, 0) is 48.4 Å². The largest absolute Gasteiger partial charge is 0.386 e. The van der Waals surface area contributed by atoms with Crippen LogP contribution in [0.2, 0.25) is 0 Å². The molecule has 0 amide bonds. The predicted molar refractivity (Wildman–Crippen MR) is 84.0 cm³/mol. The van der Waals surface area contributed by atoms with Crippen LogP contribution in [-0.4, -0.2) is 11.9 Å². The lowest BCUT2D eigenvalue weighted by Crippen LogP contribution is -2.05. The maximum Gasteiger partial charge on any atom is 0.346 e. The first-order valence-corrected chi connectivity index (χ1v) is 7.60. The van der Waals surface area contributed by atoms with E-state index in [-0.39, 0.29) is 0 Å². The molecule has 3 nitrogen and oxygen atoms in total. The molecule has 1 aliphatic heterocycles. The minimum atomic E-state index is -0.550. The molecule has 22 heavy (non-hydrogen) atoms. The van der Waals surface area contributed by atoms with E-state index in [2.05, 4.69) is 35.9 Å². The van der Waals surface area contributed by atoms with Crippen LogP contribution in [0.25, 0.3) is 0 Å². The summed E-state index contributed by atoms with van der Waals surface area (Å²) < 4.78 is 4.35. The van der Waals surface area contributed by atoms with Crippen LogP contribution in [0, 0.1) is 0 Å². The van der Waals surface area contributed by atoms with Crippen LogP contribution in [0.15, 0.2) is 48.5 Å². The topological polar surface area (TPSA) is 43.4 Å². The normalized spacial score (nSPS) is 18.7. The van der Waals surface area contributed by atoms with Crippen LogP contribution >= 0.6 is 0 Å². The summed E-state index contributed by atoms with van der Waals surface area (Å²) in [5.74, 6) is -0.309. The molecule has 4 rings (SSSR count). The first-order valence-electron chi connectivity index (χ1n) is 7.60. The minimum Gasteiger partial charge on any atom is -0.386 e. The molecule has 112 valence electrons. The summed E-state index contributed by atoms with van der Waals surface area (Å²) >= 11 is 0. The van der Waals surface area contributed by atoms with E-state index >= 15 is 0 Å². The van der Waals surface area contributed by atoms with Gasteiger partial charge in [-0.15, -0.1) is 0 Å². The standard InChI is InChI=1S/C11H14.C8H4O3/c1-9-5-4-7-10-6-2-3-8-11(9)10;9-7-5-3-1-2-4-6(5)8(10)11-7/h2-3,6,8-9H,4-5,7H2,1H3;1-4H. The lowest BCUT2D eigenvalue weighted by Gasteiger charge is -2.21. The fraction of sp³-hybridized carbons (Fsp3) is 0.263. The number of hydrogen-bond donors (Lipinski definition) is 0. The quantitative estimate of drug-likeness (QED) is 0.542. The molecule has 0 saturated carbocycles. The van der Waals surface area contributed by atoms with Crippen LogP contribution in [-0.2, 0) is 11.2 Å². The smallest absolute Gasteiger partial charge is 0.346 e. The third kappa shape index (κ3) is 2.80. The molecular weight excluding hydrogens is 276 g/mol. The van der Waals surface area contributed by atoms with Crippen molar-refractivity contribution >= 4 is 11.9 Å². The Hall–Kier alpha value is -2.42. The molecule has 1 aliphatic carbocycles. The summed E-state index contributed by atoms with van der Waals surface area (Å²) in [6, 6.07) is 15.4. The van der Waals surface area contributed by atoms with Crippen molar-refractivity contribution in [3.05, 3.63) is 70.8 Å². The van der Waals surface area contributed by atoms with Gasteiger partial charge in [0, 0.05) is 0 Å². The van der Waals surface area contributed by atoms with Gasteiger partial charge in [-0.2, -0.15) is 0 Å². The maximum atomic E-state index is 10.8. The molecule has 2 aromatic carbocycles. The highest BCUT2D eigenvalue weighted by Crippen LogP contribution is 2.30. The second kappa shape index (κ2) is 6.14. The van der Waals surface area contributed by atoms with Crippen LogP contribution < -0.4 is 0 Å². The Bertz CT molecular complexity index is 685. The highest BCUT2D eigenvalue weighted by atomic mass is 16.6. The first kappa shape index (κ1) is 14.5. The molecule has 2 aliphatic rings. The van der Waals surface area contributed by atoms with Gasteiger partial charge in [0.25, 0.3) is 0 Å². The van der Waals surface area contributed by atoms with Crippen molar-refractivity contribution in [2.45, 2.75) is 32.1 Å². The Morgan fingerprint density at radius 2 is 1.50 bits per heavy atom. The Kier molecular flexibility index (Phi) is 4.05. The second-order valence-electron chi connectivity index (χ2n) is 5.71. The third-order valence-electron chi connectivity index (χ3n) is 4.22. The van der Waals surface area contributed by atoms with Gasteiger partial charge in [-0.3, -0.25) is 0 Å². The van der Waals surface area contributed by atoms with E-state index in [0.717, 1.165) is 5.92 Å². The van der Waals surface area contributed by atoms with Crippen molar-refractivity contribution in [2.75, 3.05) is 0 Å². The Morgan fingerprint density at radius 3 is 2.14 bits per heavy atom. The Balaban J connectivity index is 0.000000131. The van der Waals surface area contributed by atoms with Crippen molar-refractivity contribution < 1.29 is 14.3 Å². The molecular formula is C19H18O3. The summed E-state index contributed by atoms with van der Waals surface area (Å²) in [4.78, 5) is 21.7. The number of carbonyl (C=O) groups is 2. The van der Waals surface area contributed by atoms with Gasteiger partial charge in [0.05, 0.1) is 11.1 Å². The second-order valence-corrected chi connectivity index (χ2v) is 5.71. The zero-order valence-corrected chi connectivity index (χ0v) is 12.5. The minimum absolute atomic E-state index is 0.359. The number of esters is 2. The molecule has 0 bridgehead atoms. The number of rotatable bonds is 0. The van der Waals surface area contributed by atoms with E-state index in [1.54, 1.807) is 35.4 Å². The summed E-state index contributed by atoms with van der Waals surface area (Å²) in [5, 5.41) is 0. The highest BCUT2D eigenvalue weighted by molar-refractivity contribution is 6.14. The van der Waals surface area contributed by atoms with E-state index in [9.17, 15) is 9.59 Å². The van der Waals surface area contributed by atoms with Crippen molar-refractivity contribution in [3.63, 3.8) is 0 Å². The van der Waals surface area contributed by atoms with Gasteiger partial charge >= 0.3 is 11.9 Å². The molecule has 0 saturated heterocycles. The van der Waals surface area contributed by atoms with Crippen molar-refractivity contribution in [2.24, 2.45) is 0 Å². The number of hydrogen-bond acceptors (Lipinski definition) is 3. The van der Waals surface area contributed by atoms with Crippen LogP contribution in [0.4, 0.5) is 0 Å². The lowest BCUT2D eigenvalue weighted by molar-refractivity contribution is 0.0444. The highest BCUT2D eigenvalue weighted by Gasteiger charge is 2.28. The van der Waals surface area contributed by atoms with E-state index in [0.29, 0.717) is 11.1 Å². The van der Waals surface area contributed by atoms with E-state index < -0.39 is 11.9 Å². The number of cyclic esters (lactones) is 2. The zero-order chi connectivity index (χ0) is 15.5. The summed E-state index contributed by atoms with van der Waals surface area (Å²) in [5.41, 5.74) is 3.88. The lowest BCUT2D eigenvalue weighted by atomic mass is 9.84. The van der Waals surface area contributed by atoms with Gasteiger partial charge in [0.1, 0.15) is 0 Å². The molecule has 0 spiro atoms. The molecule has 0 radical (unpaired) electrons. The number of aryl methyl sites for hydroxylation is 1. The Labute approximate surface area is 129 Å². The molecule has 1 unspecified atom stereocenters. The maximum absolute atomic E-state index is 10.8. The average molecular weight is 294 g/mol. The van der Waals surface area contributed by atoms with Crippen molar-refractivity contribution in [1.29, 1.82) is 0 Å². The number of carbonyl (C=O) groups excluding carboxylic acids is 2. The van der Waals surface area contributed by atoms with Gasteiger partial charge in [-0.25, -0.2) is 9.59 Å². The van der Waals surface area contributed by atoms with Crippen LogP contribution in [0.3, 0.4) is 0 Å². The summed E-state index contributed by atoms with van der Waals surface area (Å²) in [6.07, 6.45) is 4.04. The molecule has 0 fully saturated rings. The number of ether oxygens (including phenoxy) is 1. The molecule has 0 aromatic heterocycles. The first-order chi connectivity index (χ1) is 10.7. The molecule has 2 aromatic rings.